The van der Waals surface area contributed by atoms with Gasteiger partial charge in [0.2, 0.25) is 5.95 Å². The summed E-state index contributed by atoms with van der Waals surface area (Å²) < 4.78 is 21.4. The number of allylic oxidation sites excluding steroid dienone is 1. The van der Waals surface area contributed by atoms with E-state index in [1.54, 1.807) is 25.1 Å². The molecule has 0 unspecified atom stereocenters. The Hall–Kier alpha value is -3.15. The number of nitrogens with one attached hydrogen (secondary N) is 1. The van der Waals surface area contributed by atoms with Crippen molar-refractivity contribution in [1.29, 1.82) is 0 Å². The van der Waals surface area contributed by atoms with Gasteiger partial charge in [-0.2, -0.15) is 0 Å². The van der Waals surface area contributed by atoms with E-state index in [0.717, 1.165) is 11.0 Å². The van der Waals surface area contributed by atoms with Crippen LogP contribution in [-0.2, 0) is 9.53 Å². The Morgan fingerprint density at radius 1 is 1.20 bits per heavy atom. The van der Waals surface area contributed by atoms with Crippen LogP contribution in [0.5, 0.6) is 0 Å². The topological polar surface area (TPSA) is 56.1 Å². The number of rotatable bonds is 2. The summed E-state index contributed by atoms with van der Waals surface area (Å²) in [5, 5.41) is 3.14. The normalized spacial score (nSPS) is 16.5. The number of fused-ring (bicyclic) bond motifs is 3. The van der Waals surface area contributed by atoms with Crippen molar-refractivity contribution < 1.29 is 13.9 Å². The lowest BCUT2D eigenvalue weighted by Crippen LogP contribution is -2.29. The smallest absolute Gasteiger partial charge is 0.337 e. The van der Waals surface area contributed by atoms with Gasteiger partial charge in [0.15, 0.2) is 0 Å². The van der Waals surface area contributed by atoms with Crippen molar-refractivity contribution >= 4 is 23.0 Å². The lowest BCUT2D eigenvalue weighted by molar-refractivity contribution is -0.136. The first kappa shape index (κ1) is 15.4. The van der Waals surface area contributed by atoms with E-state index in [9.17, 15) is 9.18 Å². The highest BCUT2D eigenvalue weighted by molar-refractivity contribution is 5.94. The van der Waals surface area contributed by atoms with Crippen LogP contribution >= 0.6 is 0 Å². The van der Waals surface area contributed by atoms with Gasteiger partial charge in [0, 0.05) is 11.3 Å². The van der Waals surface area contributed by atoms with E-state index < -0.39 is 12.0 Å². The van der Waals surface area contributed by atoms with Crippen LogP contribution in [0.4, 0.5) is 10.3 Å². The molecule has 4 rings (SSSR count). The second-order valence-corrected chi connectivity index (χ2v) is 5.87. The van der Waals surface area contributed by atoms with Crippen molar-refractivity contribution in [2.75, 3.05) is 12.4 Å². The number of anilines is 1. The van der Waals surface area contributed by atoms with Gasteiger partial charge in [-0.3, -0.25) is 4.57 Å². The fourth-order valence-electron chi connectivity index (χ4n) is 3.33. The molecule has 0 saturated carbocycles. The fraction of sp³-hybridized carbons (Fsp3) is 0.158. The summed E-state index contributed by atoms with van der Waals surface area (Å²) in [6.45, 7) is 1.77. The molecule has 0 spiro atoms. The highest BCUT2D eigenvalue weighted by Crippen LogP contribution is 2.40. The average Bonchev–Trinajstić information content (AvgIpc) is 2.98. The Balaban J connectivity index is 2.05. The number of carbonyl (C=O) groups excluding carboxylic acids is 1. The number of hydrogen-bond acceptors (Lipinski definition) is 4. The van der Waals surface area contributed by atoms with Crippen molar-refractivity contribution in [2.24, 2.45) is 0 Å². The monoisotopic (exact) mass is 337 g/mol. The molecule has 25 heavy (non-hydrogen) atoms. The standard InChI is InChI=1S/C19H16FN3O2/c1-11-16(18(24)25-2)17(12-7-3-4-8-13(12)20)23-15-10-6-5-9-14(15)22-19(23)21-11/h3-10,17H,1-2H3,(H,21,22)/t17-/m1/s1. The number of para-hydroxylation sites is 2. The number of nitrogens with zero attached hydrogens (tertiary/aromatic N) is 2. The third-order valence-electron chi connectivity index (χ3n) is 4.44. The van der Waals surface area contributed by atoms with E-state index in [1.807, 2.05) is 28.8 Å². The van der Waals surface area contributed by atoms with E-state index in [1.165, 1.54) is 13.2 Å². The van der Waals surface area contributed by atoms with E-state index in [0.29, 0.717) is 22.8 Å². The van der Waals surface area contributed by atoms with Gasteiger partial charge in [0.25, 0.3) is 0 Å². The first-order valence-corrected chi connectivity index (χ1v) is 7.89. The summed E-state index contributed by atoms with van der Waals surface area (Å²) >= 11 is 0. The number of imidazole rings is 1. The number of ether oxygens (including phenoxy) is 1. The van der Waals surface area contributed by atoms with Crippen molar-refractivity contribution in [3.63, 3.8) is 0 Å². The zero-order chi connectivity index (χ0) is 17.6. The summed E-state index contributed by atoms with van der Waals surface area (Å²) in [6, 6.07) is 13.4. The molecule has 0 bridgehead atoms. The molecule has 1 aromatic heterocycles. The van der Waals surface area contributed by atoms with Crippen LogP contribution < -0.4 is 5.32 Å². The van der Waals surface area contributed by atoms with Crippen LogP contribution in [0, 0.1) is 5.82 Å². The van der Waals surface area contributed by atoms with Crippen molar-refractivity contribution in [1.82, 2.24) is 9.55 Å². The van der Waals surface area contributed by atoms with Crippen molar-refractivity contribution in [3.8, 4) is 0 Å². The summed E-state index contributed by atoms with van der Waals surface area (Å²) in [5.74, 6) is -0.311. The number of methoxy groups -OCH3 is 1. The van der Waals surface area contributed by atoms with E-state index >= 15 is 0 Å². The number of halogens is 1. The minimum absolute atomic E-state index is 0.364. The van der Waals surface area contributed by atoms with Crippen molar-refractivity contribution in [2.45, 2.75) is 13.0 Å². The van der Waals surface area contributed by atoms with E-state index in [4.69, 9.17) is 4.74 Å². The molecule has 1 aliphatic heterocycles. The van der Waals surface area contributed by atoms with Crippen molar-refractivity contribution in [3.05, 3.63) is 71.2 Å². The quantitative estimate of drug-likeness (QED) is 0.726. The largest absolute Gasteiger partial charge is 0.466 e. The van der Waals surface area contributed by atoms with E-state index in [2.05, 4.69) is 10.3 Å². The lowest BCUT2D eigenvalue weighted by Gasteiger charge is -2.30. The Kier molecular flexibility index (Phi) is 3.53. The molecule has 126 valence electrons. The number of hydrogen-bond donors (Lipinski definition) is 1. The molecular weight excluding hydrogens is 321 g/mol. The van der Waals surface area contributed by atoms with E-state index in [-0.39, 0.29) is 5.82 Å². The van der Waals surface area contributed by atoms with Gasteiger partial charge in [-0.25, -0.2) is 14.2 Å². The summed E-state index contributed by atoms with van der Waals surface area (Å²) in [4.78, 5) is 17.0. The Morgan fingerprint density at radius 3 is 2.68 bits per heavy atom. The van der Waals surface area contributed by atoms with Crippen LogP contribution in [0.3, 0.4) is 0 Å². The first-order valence-electron chi connectivity index (χ1n) is 7.89. The maximum atomic E-state index is 14.6. The zero-order valence-corrected chi connectivity index (χ0v) is 13.8. The second-order valence-electron chi connectivity index (χ2n) is 5.87. The molecule has 3 aromatic rings. The van der Waals surface area contributed by atoms with Gasteiger partial charge < -0.3 is 10.1 Å². The minimum atomic E-state index is -0.655. The zero-order valence-electron chi connectivity index (χ0n) is 13.8. The molecular formula is C19H16FN3O2. The summed E-state index contributed by atoms with van der Waals surface area (Å²) in [6.07, 6.45) is 0. The van der Waals surface area contributed by atoms with Gasteiger partial charge in [-0.15, -0.1) is 0 Å². The van der Waals surface area contributed by atoms with Gasteiger partial charge in [0.05, 0.1) is 29.8 Å². The molecule has 2 aromatic carbocycles. The van der Waals surface area contributed by atoms with Crippen LogP contribution in [-0.4, -0.2) is 22.6 Å². The number of esters is 1. The molecule has 0 radical (unpaired) electrons. The lowest BCUT2D eigenvalue weighted by atomic mass is 9.94. The molecule has 1 atom stereocenters. The second kappa shape index (κ2) is 5.73. The van der Waals surface area contributed by atoms with Crippen LogP contribution in [0.1, 0.15) is 18.5 Å². The molecule has 2 heterocycles. The van der Waals surface area contributed by atoms with Gasteiger partial charge in [-0.05, 0) is 25.1 Å². The minimum Gasteiger partial charge on any atom is -0.466 e. The van der Waals surface area contributed by atoms with Crippen LogP contribution in [0.25, 0.3) is 11.0 Å². The predicted molar refractivity (Wildman–Crippen MR) is 92.6 cm³/mol. The maximum Gasteiger partial charge on any atom is 0.337 e. The number of carbonyl (C=O) groups is 1. The maximum absolute atomic E-state index is 14.6. The molecule has 0 aliphatic carbocycles. The van der Waals surface area contributed by atoms with Gasteiger partial charge >= 0.3 is 5.97 Å². The SMILES string of the molecule is COC(=O)C1=C(C)Nc2nc3ccccc3n2[C@@H]1c1ccccc1F. The van der Waals surface area contributed by atoms with Gasteiger partial charge in [0.1, 0.15) is 5.82 Å². The Labute approximate surface area is 143 Å². The summed E-state index contributed by atoms with van der Waals surface area (Å²) in [5.41, 5.74) is 2.94. The molecule has 1 N–H and O–H groups in total. The molecule has 0 amide bonds. The molecule has 0 saturated heterocycles. The number of benzene rings is 2. The van der Waals surface area contributed by atoms with Gasteiger partial charge in [-0.1, -0.05) is 30.3 Å². The molecule has 6 heteroatoms. The van der Waals surface area contributed by atoms with Crippen LogP contribution in [0.15, 0.2) is 59.8 Å². The highest BCUT2D eigenvalue weighted by atomic mass is 19.1. The third kappa shape index (κ3) is 2.29. The average molecular weight is 337 g/mol. The Morgan fingerprint density at radius 2 is 1.92 bits per heavy atom. The molecule has 1 aliphatic rings. The highest BCUT2D eigenvalue weighted by Gasteiger charge is 2.35. The van der Waals surface area contributed by atoms with Crippen LogP contribution in [0.2, 0.25) is 0 Å². The third-order valence-corrected chi connectivity index (χ3v) is 4.44. The number of aromatic nitrogens is 2. The first-order chi connectivity index (χ1) is 12.1. The summed E-state index contributed by atoms with van der Waals surface area (Å²) in [7, 11) is 1.32. The fourth-order valence-corrected chi connectivity index (χ4v) is 3.33. The predicted octanol–water partition coefficient (Wildman–Crippen LogP) is 3.64. The molecule has 5 nitrogen and oxygen atoms in total. The Bertz CT molecular complexity index is 1020. The molecule has 0 fully saturated rings.